The number of nitrogens with one attached hydrogen (secondary N) is 1. The van der Waals surface area contributed by atoms with Gasteiger partial charge >= 0.3 is 0 Å². The van der Waals surface area contributed by atoms with Crippen molar-refractivity contribution in [3.05, 3.63) is 29.8 Å². The highest BCUT2D eigenvalue weighted by Crippen LogP contribution is 2.26. The van der Waals surface area contributed by atoms with Gasteiger partial charge in [-0.15, -0.1) is 0 Å². The summed E-state index contributed by atoms with van der Waals surface area (Å²) >= 11 is 0. The molecule has 0 aromatic heterocycles. The molecule has 94 valence electrons. The fourth-order valence-corrected chi connectivity index (χ4v) is 2.65. The van der Waals surface area contributed by atoms with Crippen LogP contribution in [0.15, 0.2) is 24.3 Å². The largest absolute Gasteiger partial charge is 0.508 e. The highest BCUT2D eigenvalue weighted by Gasteiger charge is 2.19. The summed E-state index contributed by atoms with van der Waals surface area (Å²) in [4.78, 5) is 0. The molecule has 2 N–H and O–H groups in total. The second kappa shape index (κ2) is 6.06. The van der Waals surface area contributed by atoms with Gasteiger partial charge < -0.3 is 10.4 Å². The van der Waals surface area contributed by atoms with Crippen molar-refractivity contribution in [1.29, 1.82) is 0 Å². The summed E-state index contributed by atoms with van der Waals surface area (Å²) in [6.45, 7) is 3.22. The van der Waals surface area contributed by atoms with E-state index in [1.807, 2.05) is 12.1 Å². The Bertz CT molecular complexity index is 325. The Morgan fingerprint density at radius 3 is 2.35 bits per heavy atom. The highest BCUT2D eigenvalue weighted by atomic mass is 16.3. The van der Waals surface area contributed by atoms with Gasteiger partial charge in [-0.3, -0.25) is 0 Å². The number of rotatable bonds is 4. The van der Waals surface area contributed by atoms with E-state index < -0.39 is 0 Å². The Morgan fingerprint density at radius 1 is 1.12 bits per heavy atom. The minimum absolute atomic E-state index is 0.345. The third-order valence-corrected chi connectivity index (χ3v) is 3.96. The number of hydrogen-bond donors (Lipinski definition) is 2. The van der Waals surface area contributed by atoms with Crippen LogP contribution in [0.1, 0.15) is 44.6 Å². The van der Waals surface area contributed by atoms with Crippen molar-refractivity contribution < 1.29 is 5.11 Å². The van der Waals surface area contributed by atoms with Gasteiger partial charge in [0.2, 0.25) is 0 Å². The van der Waals surface area contributed by atoms with Crippen molar-refractivity contribution >= 4 is 0 Å². The van der Waals surface area contributed by atoms with Crippen molar-refractivity contribution in [1.82, 2.24) is 5.32 Å². The van der Waals surface area contributed by atoms with Crippen LogP contribution in [0.4, 0.5) is 0 Å². The van der Waals surface area contributed by atoms with Gasteiger partial charge in [0, 0.05) is 12.6 Å². The standard InChI is InChI=1S/C15H23NO/c1-2-12-3-7-14(8-4-12)16-11-13-5-9-15(17)10-6-13/h5-6,9-10,12,14,16-17H,2-4,7-8,11H2,1H3. The first-order valence-electron chi connectivity index (χ1n) is 6.79. The SMILES string of the molecule is CCC1CCC(NCc2ccc(O)cc2)CC1. The third-order valence-electron chi connectivity index (χ3n) is 3.96. The van der Waals surface area contributed by atoms with E-state index in [0.717, 1.165) is 12.5 Å². The molecule has 0 amide bonds. The molecule has 1 aliphatic carbocycles. The number of benzene rings is 1. The van der Waals surface area contributed by atoms with Gasteiger partial charge in [-0.05, 0) is 49.3 Å². The van der Waals surface area contributed by atoms with Gasteiger partial charge in [0.1, 0.15) is 5.75 Å². The lowest BCUT2D eigenvalue weighted by Gasteiger charge is -2.28. The predicted molar refractivity (Wildman–Crippen MR) is 71.0 cm³/mol. The Hall–Kier alpha value is -1.02. The van der Waals surface area contributed by atoms with E-state index in [2.05, 4.69) is 12.2 Å². The first-order valence-corrected chi connectivity index (χ1v) is 6.79. The molecular formula is C15H23NO. The minimum atomic E-state index is 0.345. The third kappa shape index (κ3) is 3.74. The van der Waals surface area contributed by atoms with Gasteiger partial charge in [0.25, 0.3) is 0 Å². The molecule has 1 saturated carbocycles. The molecular weight excluding hydrogens is 210 g/mol. The zero-order chi connectivity index (χ0) is 12.1. The molecule has 1 aliphatic rings. The molecule has 0 radical (unpaired) electrons. The maximum Gasteiger partial charge on any atom is 0.115 e. The molecule has 0 unspecified atom stereocenters. The van der Waals surface area contributed by atoms with Gasteiger partial charge in [-0.1, -0.05) is 25.5 Å². The molecule has 2 heteroatoms. The van der Waals surface area contributed by atoms with Crippen LogP contribution in [0.2, 0.25) is 0 Å². The smallest absolute Gasteiger partial charge is 0.115 e. The molecule has 1 aromatic carbocycles. The van der Waals surface area contributed by atoms with Gasteiger partial charge in [-0.25, -0.2) is 0 Å². The van der Waals surface area contributed by atoms with Crippen molar-refractivity contribution in [3.8, 4) is 5.75 Å². The number of phenols is 1. The molecule has 0 heterocycles. The quantitative estimate of drug-likeness (QED) is 0.835. The van der Waals surface area contributed by atoms with Gasteiger partial charge in [-0.2, -0.15) is 0 Å². The normalized spacial score (nSPS) is 24.8. The second-order valence-corrected chi connectivity index (χ2v) is 5.17. The summed E-state index contributed by atoms with van der Waals surface area (Å²) in [6, 6.07) is 8.17. The maximum absolute atomic E-state index is 9.21. The number of phenolic OH excluding ortho intramolecular Hbond substituents is 1. The average molecular weight is 233 g/mol. The highest BCUT2D eigenvalue weighted by molar-refractivity contribution is 5.25. The Morgan fingerprint density at radius 2 is 1.76 bits per heavy atom. The van der Waals surface area contributed by atoms with Crippen molar-refractivity contribution in [2.45, 2.75) is 51.6 Å². The summed E-state index contributed by atoms with van der Waals surface area (Å²) in [6.07, 6.45) is 6.73. The zero-order valence-electron chi connectivity index (χ0n) is 10.7. The van der Waals surface area contributed by atoms with Crippen LogP contribution in [0.25, 0.3) is 0 Å². The molecule has 0 spiro atoms. The lowest BCUT2D eigenvalue weighted by Crippen LogP contribution is -2.32. The summed E-state index contributed by atoms with van der Waals surface area (Å²) < 4.78 is 0. The van der Waals surface area contributed by atoms with Crippen LogP contribution in [0.3, 0.4) is 0 Å². The van der Waals surface area contributed by atoms with Crippen molar-refractivity contribution in [3.63, 3.8) is 0 Å². The lowest BCUT2D eigenvalue weighted by molar-refractivity contribution is 0.285. The van der Waals surface area contributed by atoms with Crippen LogP contribution in [-0.4, -0.2) is 11.1 Å². The molecule has 1 fully saturated rings. The van der Waals surface area contributed by atoms with E-state index in [0.29, 0.717) is 11.8 Å². The van der Waals surface area contributed by atoms with Crippen LogP contribution < -0.4 is 5.32 Å². The minimum Gasteiger partial charge on any atom is -0.508 e. The summed E-state index contributed by atoms with van der Waals surface area (Å²) in [5, 5.41) is 12.8. The second-order valence-electron chi connectivity index (χ2n) is 5.17. The molecule has 0 atom stereocenters. The molecule has 0 bridgehead atoms. The van der Waals surface area contributed by atoms with Crippen LogP contribution in [-0.2, 0) is 6.54 Å². The van der Waals surface area contributed by atoms with E-state index in [1.54, 1.807) is 12.1 Å². The van der Waals surface area contributed by atoms with Gasteiger partial charge in [0.05, 0.1) is 0 Å². The monoisotopic (exact) mass is 233 g/mol. The van der Waals surface area contributed by atoms with E-state index in [4.69, 9.17) is 0 Å². The lowest BCUT2D eigenvalue weighted by atomic mass is 9.84. The van der Waals surface area contributed by atoms with E-state index >= 15 is 0 Å². The fraction of sp³-hybridized carbons (Fsp3) is 0.600. The number of hydrogen-bond acceptors (Lipinski definition) is 2. The predicted octanol–water partition coefficient (Wildman–Crippen LogP) is 3.45. The first kappa shape index (κ1) is 12.4. The van der Waals surface area contributed by atoms with E-state index in [-0.39, 0.29) is 0 Å². The van der Waals surface area contributed by atoms with Gasteiger partial charge in [0.15, 0.2) is 0 Å². The summed E-state index contributed by atoms with van der Waals surface area (Å²) in [5.74, 6) is 1.30. The Kier molecular flexibility index (Phi) is 4.43. The molecule has 2 nitrogen and oxygen atoms in total. The first-order chi connectivity index (χ1) is 8.28. The van der Waals surface area contributed by atoms with Crippen molar-refractivity contribution in [2.75, 3.05) is 0 Å². The molecule has 1 aromatic rings. The fourth-order valence-electron chi connectivity index (χ4n) is 2.65. The van der Waals surface area contributed by atoms with E-state index in [1.165, 1.54) is 37.7 Å². The van der Waals surface area contributed by atoms with Crippen LogP contribution >= 0.6 is 0 Å². The maximum atomic E-state index is 9.21. The van der Waals surface area contributed by atoms with Crippen LogP contribution in [0, 0.1) is 5.92 Å². The van der Waals surface area contributed by atoms with E-state index in [9.17, 15) is 5.11 Å². The summed E-state index contributed by atoms with van der Waals surface area (Å²) in [5.41, 5.74) is 1.25. The Labute approximate surface area is 104 Å². The van der Waals surface area contributed by atoms with Crippen LogP contribution in [0.5, 0.6) is 5.75 Å². The number of aromatic hydroxyl groups is 1. The molecule has 0 aliphatic heterocycles. The topological polar surface area (TPSA) is 32.3 Å². The Balaban J connectivity index is 1.74. The van der Waals surface area contributed by atoms with Crippen molar-refractivity contribution in [2.24, 2.45) is 5.92 Å². The zero-order valence-corrected chi connectivity index (χ0v) is 10.7. The summed E-state index contributed by atoms with van der Waals surface area (Å²) in [7, 11) is 0. The average Bonchev–Trinajstić information content (AvgIpc) is 2.39. The molecule has 2 rings (SSSR count). The molecule has 17 heavy (non-hydrogen) atoms. The molecule has 0 saturated heterocycles.